The van der Waals surface area contributed by atoms with Crippen molar-refractivity contribution < 1.29 is 4.79 Å². The quantitative estimate of drug-likeness (QED) is 0.433. The molecule has 0 amide bonds. The van der Waals surface area contributed by atoms with Gasteiger partial charge in [0.15, 0.2) is 5.78 Å². The molecule has 0 unspecified atom stereocenters. The summed E-state index contributed by atoms with van der Waals surface area (Å²) in [6.07, 6.45) is 0.247. The van der Waals surface area contributed by atoms with Gasteiger partial charge in [-0.3, -0.25) is 9.79 Å². The number of aliphatic imine (C=N–C) groups is 1. The van der Waals surface area contributed by atoms with Gasteiger partial charge in [-0.2, -0.15) is 0 Å². The van der Waals surface area contributed by atoms with Crippen molar-refractivity contribution in [1.82, 2.24) is 0 Å². The molecule has 0 aliphatic carbocycles. The third kappa shape index (κ3) is 4.18. The average Bonchev–Trinajstić information content (AvgIpc) is 2.64. The molecule has 118 valence electrons. The summed E-state index contributed by atoms with van der Waals surface area (Å²) in [4.78, 5) is 17.2. The third-order valence-electron chi connectivity index (χ3n) is 3.62. The molecular formula is C21H16ClNO. The number of nitrogens with zero attached hydrogens (tertiary/aromatic N) is 1. The van der Waals surface area contributed by atoms with Crippen molar-refractivity contribution in [1.29, 1.82) is 0 Å². The van der Waals surface area contributed by atoms with Crippen LogP contribution >= 0.6 is 11.6 Å². The molecule has 0 bridgehead atoms. The van der Waals surface area contributed by atoms with E-state index in [4.69, 9.17) is 11.6 Å². The van der Waals surface area contributed by atoms with Gasteiger partial charge in [0.05, 0.1) is 17.8 Å². The molecule has 24 heavy (non-hydrogen) atoms. The van der Waals surface area contributed by atoms with Gasteiger partial charge in [0.1, 0.15) is 0 Å². The summed E-state index contributed by atoms with van der Waals surface area (Å²) >= 11 is 5.93. The number of carbonyl (C=O) groups excluding carboxylic acids is 1. The van der Waals surface area contributed by atoms with Crippen LogP contribution in [0.2, 0.25) is 5.02 Å². The van der Waals surface area contributed by atoms with Crippen molar-refractivity contribution in [2.45, 2.75) is 6.42 Å². The molecule has 0 N–H and O–H groups in total. The first-order valence-electron chi connectivity index (χ1n) is 7.69. The van der Waals surface area contributed by atoms with Crippen LogP contribution in [0.1, 0.15) is 22.3 Å². The van der Waals surface area contributed by atoms with E-state index in [2.05, 4.69) is 4.99 Å². The zero-order valence-electron chi connectivity index (χ0n) is 13.0. The lowest BCUT2D eigenvalue weighted by Gasteiger charge is -2.07. The molecule has 3 rings (SSSR count). The second-order valence-electron chi connectivity index (χ2n) is 5.37. The Hall–Kier alpha value is -2.71. The maximum Gasteiger partial charge on any atom is 0.168 e. The second-order valence-corrected chi connectivity index (χ2v) is 5.80. The molecule has 0 aromatic heterocycles. The molecule has 0 aliphatic rings. The van der Waals surface area contributed by atoms with Crippen LogP contribution in [-0.4, -0.2) is 11.5 Å². The van der Waals surface area contributed by atoms with Gasteiger partial charge >= 0.3 is 0 Å². The predicted molar refractivity (Wildman–Crippen MR) is 99.5 cm³/mol. The van der Waals surface area contributed by atoms with Gasteiger partial charge < -0.3 is 0 Å². The van der Waals surface area contributed by atoms with E-state index in [9.17, 15) is 4.79 Å². The highest BCUT2D eigenvalue weighted by Crippen LogP contribution is 2.19. The van der Waals surface area contributed by atoms with E-state index in [1.54, 1.807) is 12.1 Å². The molecule has 0 spiro atoms. The minimum atomic E-state index is 0.0483. The van der Waals surface area contributed by atoms with Crippen molar-refractivity contribution in [2.75, 3.05) is 0 Å². The minimum Gasteiger partial charge on any atom is -0.294 e. The zero-order valence-corrected chi connectivity index (χ0v) is 13.8. The number of hydrogen-bond donors (Lipinski definition) is 0. The summed E-state index contributed by atoms with van der Waals surface area (Å²) in [6.45, 7) is 0. The van der Waals surface area contributed by atoms with Gasteiger partial charge in [0, 0.05) is 10.6 Å². The van der Waals surface area contributed by atoms with Gasteiger partial charge in [-0.15, -0.1) is 0 Å². The largest absolute Gasteiger partial charge is 0.294 e. The summed E-state index contributed by atoms with van der Waals surface area (Å²) in [7, 11) is 0. The topological polar surface area (TPSA) is 29.4 Å². The molecule has 0 saturated carbocycles. The number of Topliss-reactive ketones (excluding diaryl/α,β-unsaturated/α-hetero) is 1. The molecular weight excluding hydrogens is 318 g/mol. The van der Waals surface area contributed by atoms with Gasteiger partial charge in [0.2, 0.25) is 0 Å². The standard InChI is InChI=1S/C21H16ClNO/c22-18-11-13-19(14-12-18)23-20(16-7-3-1-4-8-16)15-21(24)17-9-5-2-6-10-17/h1-14H,15H2. The van der Waals surface area contributed by atoms with E-state index in [1.165, 1.54) is 0 Å². The average molecular weight is 334 g/mol. The van der Waals surface area contributed by atoms with Crippen molar-refractivity contribution in [3.63, 3.8) is 0 Å². The van der Waals surface area contributed by atoms with Crippen LogP contribution in [0.4, 0.5) is 5.69 Å². The number of ketones is 1. The van der Waals surface area contributed by atoms with Crippen LogP contribution < -0.4 is 0 Å². The van der Waals surface area contributed by atoms with Crippen LogP contribution in [0.25, 0.3) is 0 Å². The van der Waals surface area contributed by atoms with E-state index < -0.39 is 0 Å². The molecule has 0 saturated heterocycles. The monoisotopic (exact) mass is 333 g/mol. The molecule has 0 fully saturated rings. The first kappa shape index (κ1) is 16.2. The molecule has 3 aromatic carbocycles. The van der Waals surface area contributed by atoms with Crippen LogP contribution in [0.15, 0.2) is 89.9 Å². The van der Waals surface area contributed by atoms with Crippen LogP contribution in [-0.2, 0) is 0 Å². The van der Waals surface area contributed by atoms with Gasteiger partial charge in [0.25, 0.3) is 0 Å². The third-order valence-corrected chi connectivity index (χ3v) is 3.87. The van der Waals surface area contributed by atoms with Crippen molar-refractivity contribution in [3.8, 4) is 0 Å². The van der Waals surface area contributed by atoms with Crippen molar-refractivity contribution in [2.24, 2.45) is 4.99 Å². The number of benzene rings is 3. The summed E-state index contributed by atoms with van der Waals surface area (Å²) in [5, 5.41) is 0.663. The van der Waals surface area contributed by atoms with E-state index in [-0.39, 0.29) is 12.2 Å². The lowest BCUT2D eigenvalue weighted by Crippen LogP contribution is -2.09. The molecule has 3 heteroatoms. The Morgan fingerprint density at radius 2 is 1.29 bits per heavy atom. The maximum absolute atomic E-state index is 12.6. The fourth-order valence-electron chi connectivity index (χ4n) is 2.39. The van der Waals surface area contributed by atoms with Crippen LogP contribution in [0.3, 0.4) is 0 Å². The van der Waals surface area contributed by atoms with Crippen LogP contribution in [0, 0.1) is 0 Å². The number of hydrogen-bond acceptors (Lipinski definition) is 2. The molecule has 3 aromatic rings. The normalized spacial score (nSPS) is 11.3. The van der Waals surface area contributed by atoms with E-state index in [1.807, 2.05) is 72.8 Å². The van der Waals surface area contributed by atoms with Gasteiger partial charge in [-0.1, -0.05) is 72.3 Å². The highest BCUT2D eigenvalue weighted by molar-refractivity contribution is 6.30. The highest BCUT2D eigenvalue weighted by Gasteiger charge is 2.12. The Morgan fingerprint density at radius 3 is 1.88 bits per heavy atom. The fourth-order valence-corrected chi connectivity index (χ4v) is 2.51. The van der Waals surface area contributed by atoms with E-state index in [0.717, 1.165) is 17.0 Å². The summed E-state index contributed by atoms with van der Waals surface area (Å²) in [5.41, 5.74) is 3.15. The molecule has 0 aliphatic heterocycles. The highest BCUT2D eigenvalue weighted by atomic mass is 35.5. The van der Waals surface area contributed by atoms with E-state index >= 15 is 0 Å². The maximum atomic E-state index is 12.6. The Morgan fingerprint density at radius 1 is 0.750 bits per heavy atom. The first-order chi connectivity index (χ1) is 11.7. The summed E-state index contributed by atoms with van der Waals surface area (Å²) in [5.74, 6) is 0.0483. The minimum absolute atomic E-state index is 0.0483. The Labute approximate surface area is 146 Å². The molecule has 0 radical (unpaired) electrons. The predicted octanol–water partition coefficient (Wildman–Crippen LogP) is 5.73. The first-order valence-corrected chi connectivity index (χ1v) is 8.07. The van der Waals surface area contributed by atoms with Crippen LogP contribution in [0.5, 0.6) is 0 Å². The number of carbonyl (C=O) groups is 1. The molecule has 0 atom stereocenters. The molecule has 2 nitrogen and oxygen atoms in total. The Bertz CT molecular complexity index is 840. The number of halogens is 1. The smallest absolute Gasteiger partial charge is 0.168 e. The Kier molecular flexibility index (Phi) is 5.19. The van der Waals surface area contributed by atoms with E-state index in [0.29, 0.717) is 10.6 Å². The lowest BCUT2D eigenvalue weighted by molar-refractivity contribution is 0.100. The Balaban J connectivity index is 1.94. The molecule has 0 heterocycles. The zero-order chi connectivity index (χ0) is 16.8. The van der Waals surface area contributed by atoms with Crippen molar-refractivity contribution in [3.05, 3.63) is 101 Å². The van der Waals surface area contributed by atoms with Gasteiger partial charge in [-0.25, -0.2) is 0 Å². The summed E-state index contributed by atoms with van der Waals surface area (Å²) in [6, 6.07) is 26.3. The summed E-state index contributed by atoms with van der Waals surface area (Å²) < 4.78 is 0. The number of rotatable bonds is 5. The van der Waals surface area contributed by atoms with Gasteiger partial charge in [-0.05, 0) is 29.8 Å². The second kappa shape index (κ2) is 7.71. The lowest BCUT2D eigenvalue weighted by atomic mass is 10.0. The van der Waals surface area contributed by atoms with Crippen molar-refractivity contribution >= 4 is 28.8 Å². The fraction of sp³-hybridized carbons (Fsp3) is 0.0476. The SMILES string of the molecule is O=C(CC(=Nc1ccc(Cl)cc1)c1ccccc1)c1ccccc1.